The van der Waals surface area contributed by atoms with Crippen molar-refractivity contribution in [2.24, 2.45) is 0 Å². The van der Waals surface area contributed by atoms with Crippen molar-refractivity contribution in [2.75, 3.05) is 11.9 Å². The number of carbonyl (C=O) groups is 3. The molecule has 2 aromatic carbocycles. The summed E-state index contributed by atoms with van der Waals surface area (Å²) in [6, 6.07) is 16.2. The summed E-state index contributed by atoms with van der Waals surface area (Å²) in [5, 5.41) is 4.98. The van der Waals surface area contributed by atoms with Gasteiger partial charge in [-0.1, -0.05) is 35.9 Å². The van der Waals surface area contributed by atoms with Gasteiger partial charge in [0.05, 0.1) is 0 Å². The van der Waals surface area contributed by atoms with E-state index in [0.717, 1.165) is 5.56 Å². The molecule has 0 unspecified atom stereocenters. The van der Waals surface area contributed by atoms with Gasteiger partial charge in [0, 0.05) is 18.5 Å². The third kappa shape index (κ3) is 8.85. The van der Waals surface area contributed by atoms with Crippen molar-refractivity contribution in [2.45, 2.75) is 19.8 Å². The second kappa shape index (κ2) is 11.4. The zero-order valence-electron chi connectivity index (χ0n) is 15.9. The number of anilines is 1. The summed E-state index contributed by atoms with van der Waals surface area (Å²) in [7, 11) is 0. The third-order valence-electron chi connectivity index (χ3n) is 3.60. The van der Waals surface area contributed by atoms with Crippen molar-refractivity contribution in [3.63, 3.8) is 0 Å². The number of aryl methyl sites for hydroxylation is 1. The maximum Gasteiger partial charge on any atom is 0.264 e. The van der Waals surface area contributed by atoms with Crippen molar-refractivity contribution in [3.8, 4) is 5.75 Å². The first kappa shape index (κ1) is 21.8. The standard InChI is InChI=1S/C20H22N4O4S/c1-14-7-9-16(10-8-14)28-13-19(27)22-20(29)24-23-18(26)12-11-17(25)21-15-5-3-2-4-6-15/h2-10H,11-13H2,1H3,(H,21,25)(H,23,26)(H2,22,24,27,29). The zero-order chi connectivity index (χ0) is 21.1. The number of carbonyl (C=O) groups excluding carboxylic acids is 3. The van der Waals surface area contributed by atoms with Crippen molar-refractivity contribution in [1.29, 1.82) is 0 Å². The van der Waals surface area contributed by atoms with Crippen molar-refractivity contribution in [3.05, 3.63) is 60.2 Å². The summed E-state index contributed by atoms with van der Waals surface area (Å²) in [5.41, 5.74) is 6.47. The molecule has 4 N–H and O–H groups in total. The minimum atomic E-state index is -0.473. The van der Waals surface area contributed by atoms with Gasteiger partial charge in [-0.3, -0.25) is 30.6 Å². The Morgan fingerprint density at radius 1 is 0.862 bits per heavy atom. The lowest BCUT2D eigenvalue weighted by molar-refractivity contribution is -0.125. The fourth-order valence-electron chi connectivity index (χ4n) is 2.14. The second-order valence-electron chi connectivity index (χ2n) is 6.07. The fraction of sp³-hybridized carbons (Fsp3) is 0.200. The van der Waals surface area contributed by atoms with Gasteiger partial charge in [-0.05, 0) is 43.4 Å². The molecule has 0 atom stereocenters. The summed E-state index contributed by atoms with van der Waals surface area (Å²) in [4.78, 5) is 35.4. The molecule has 0 aliphatic heterocycles. The van der Waals surface area contributed by atoms with E-state index in [0.29, 0.717) is 11.4 Å². The minimum Gasteiger partial charge on any atom is -0.484 e. The van der Waals surface area contributed by atoms with E-state index in [2.05, 4.69) is 21.5 Å². The van der Waals surface area contributed by atoms with Gasteiger partial charge in [-0.2, -0.15) is 0 Å². The van der Waals surface area contributed by atoms with Crippen LogP contribution in [0.2, 0.25) is 0 Å². The lowest BCUT2D eigenvalue weighted by Crippen LogP contribution is -2.49. The Bertz CT molecular complexity index is 857. The molecule has 8 nitrogen and oxygen atoms in total. The van der Waals surface area contributed by atoms with E-state index in [4.69, 9.17) is 17.0 Å². The van der Waals surface area contributed by atoms with Gasteiger partial charge in [-0.15, -0.1) is 0 Å². The van der Waals surface area contributed by atoms with Crippen LogP contribution in [0.15, 0.2) is 54.6 Å². The van der Waals surface area contributed by atoms with Gasteiger partial charge < -0.3 is 10.1 Å². The van der Waals surface area contributed by atoms with Crippen LogP contribution in [0.3, 0.4) is 0 Å². The molecule has 0 heterocycles. The molecule has 3 amide bonds. The van der Waals surface area contributed by atoms with Gasteiger partial charge in [0.1, 0.15) is 5.75 Å². The molecule has 0 saturated carbocycles. The highest BCUT2D eigenvalue weighted by Crippen LogP contribution is 2.10. The lowest BCUT2D eigenvalue weighted by atomic mass is 10.2. The Balaban J connectivity index is 1.59. The van der Waals surface area contributed by atoms with Gasteiger partial charge in [0.2, 0.25) is 11.8 Å². The van der Waals surface area contributed by atoms with Gasteiger partial charge >= 0.3 is 0 Å². The Morgan fingerprint density at radius 2 is 1.52 bits per heavy atom. The predicted octanol–water partition coefficient (Wildman–Crippen LogP) is 1.81. The van der Waals surface area contributed by atoms with E-state index in [1.165, 1.54) is 0 Å². The number of amides is 3. The molecule has 152 valence electrons. The number of hydrogen-bond acceptors (Lipinski definition) is 5. The Kier molecular flexibility index (Phi) is 8.58. The molecule has 2 rings (SSSR count). The summed E-state index contributed by atoms with van der Waals surface area (Å²) < 4.78 is 5.33. The molecule has 0 aliphatic rings. The first-order chi connectivity index (χ1) is 13.9. The second-order valence-corrected chi connectivity index (χ2v) is 6.47. The Morgan fingerprint density at radius 3 is 2.21 bits per heavy atom. The van der Waals surface area contributed by atoms with Crippen LogP contribution >= 0.6 is 12.2 Å². The van der Waals surface area contributed by atoms with Crippen molar-refractivity contribution in [1.82, 2.24) is 16.2 Å². The molecule has 0 bridgehead atoms. The summed E-state index contributed by atoms with van der Waals surface area (Å²) in [6.07, 6.45) is -0.0370. The topological polar surface area (TPSA) is 109 Å². The fourth-order valence-corrected chi connectivity index (χ4v) is 2.30. The monoisotopic (exact) mass is 414 g/mol. The summed E-state index contributed by atoms with van der Waals surface area (Å²) in [5.74, 6) is -0.637. The quantitative estimate of drug-likeness (QED) is 0.407. The van der Waals surface area contributed by atoms with Crippen LogP contribution in [0.4, 0.5) is 5.69 Å². The highest BCUT2D eigenvalue weighted by atomic mass is 32.1. The van der Waals surface area contributed by atoms with Gasteiger partial charge in [0.25, 0.3) is 5.91 Å². The van der Waals surface area contributed by atoms with Crippen LogP contribution in [0, 0.1) is 6.92 Å². The number of para-hydroxylation sites is 1. The van der Waals surface area contributed by atoms with E-state index < -0.39 is 11.8 Å². The highest BCUT2D eigenvalue weighted by Gasteiger charge is 2.09. The Hall–Kier alpha value is -3.46. The number of thiocarbonyl (C=S) groups is 1. The zero-order valence-corrected chi connectivity index (χ0v) is 16.7. The van der Waals surface area contributed by atoms with Crippen LogP contribution in [-0.4, -0.2) is 29.4 Å². The van der Waals surface area contributed by atoms with E-state index in [-0.39, 0.29) is 30.5 Å². The van der Waals surface area contributed by atoms with Crippen molar-refractivity contribution >= 4 is 40.7 Å². The lowest BCUT2D eigenvalue weighted by Gasteiger charge is -2.11. The normalized spacial score (nSPS) is 9.83. The predicted molar refractivity (Wildman–Crippen MR) is 113 cm³/mol. The first-order valence-corrected chi connectivity index (χ1v) is 9.26. The average Bonchev–Trinajstić information content (AvgIpc) is 2.71. The highest BCUT2D eigenvalue weighted by molar-refractivity contribution is 7.80. The van der Waals surface area contributed by atoms with E-state index in [1.54, 1.807) is 36.4 Å². The molecule has 0 aromatic heterocycles. The molecular formula is C20H22N4O4S. The molecule has 0 fully saturated rings. The van der Waals surface area contributed by atoms with E-state index in [9.17, 15) is 14.4 Å². The number of nitrogens with one attached hydrogen (secondary N) is 4. The molecule has 0 aliphatic carbocycles. The van der Waals surface area contributed by atoms with Gasteiger partial charge in [0.15, 0.2) is 11.7 Å². The smallest absolute Gasteiger partial charge is 0.264 e. The number of rotatable bonds is 7. The van der Waals surface area contributed by atoms with Crippen LogP contribution in [-0.2, 0) is 14.4 Å². The number of benzene rings is 2. The number of hydrazine groups is 1. The van der Waals surface area contributed by atoms with Crippen molar-refractivity contribution < 1.29 is 19.1 Å². The SMILES string of the molecule is Cc1ccc(OCC(=O)NC(=S)NNC(=O)CCC(=O)Nc2ccccc2)cc1. The largest absolute Gasteiger partial charge is 0.484 e. The van der Waals surface area contributed by atoms with Gasteiger partial charge in [-0.25, -0.2) is 0 Å². The third-order valence-corrected chi connectivity index (χ3v) is 3.80. The molecule has 0 spiro atoms. The van der Waals surface area contributed by atoms with Crippen LogP contribution < -0.4 is 26.2 Å². The molecule has 9 heteroatoms. The minimum absolute atomic E-state index is 0.00587. The molecule has 29 heavy (non-hydrogen) atoms. The van der Waals surface area contributed by atoms with Crippen LogP contribution in [0.5, 0.6) is 5.75 Å². The number of hydrogen-bond donors (Lipinski definition) is 4. The summed E-state index contributed by atoms with van der Waals surface area (Å²) in [6.45, 7) is 1.73. The van der Waals surface area contributed by atoms with Crippen LogP contribution in [0.1, 0.15) is 18.4 Å². The average molecular weight is 414 g/mol. The summed E-state index contributed by atoms with van der Waals surface area (Å²) >= 11 is 4.93. The number of ether oxygens (including phenoxy) is 1. The van der Waals surface area contributed by atoms with E-state index >= 15 is 0 Å². The first-order valence-electron chi connectivity index (χ1n) is 8.85. The van der Waals surface area contributed by atoms with Crippen LogP contribution in [0.25, 0.3) is 0 Å². The molecule has 0 saturated heterocycles. The molecule has 2 aromatic rings. The molecule has 0 radical (unpaired) electrons. The van der Waals surface area contributed by atoms with E-state index in [1.807, 2.05) is 25.1 Å². The maximum atomic E-state index is 11.8. The Labute approximate surface area is 174 Å². The maximum absolute atomic E-state index is 11.8. The molecular weight excluding hydrogens is 392 g/mol.